The number of aromatic nitrogens is 2. The molecule has 3 aromatic rings. The minimum atomic E-state index is -0.467. The fraction of sp³-hybridized carbons (Fsp3) is 0.143. The van der Waals surface area contributed by atoms with Crippen LogP contribution >= 0.6 is 0 Å². The molecule has 0 spiro atoms. The minimum Gasteiger partial charge on any atom is -0.324 e. The predicted octanol–water partition coefficient (Wildman–Crippen LogP) is 2.75. The van der Waals surface area contributed by atoms with Gasteiger partial charge in [-0.3, -0.25) is 14.4 Å². The van der Waals surface area contributed by atoms with Gasteiger partial charge in [-0.1, -0.05) is 24.3 Å². The van der Waals surface area contributed by atoms with Crippen LogP contribution in [0.25, 0.3) is 0 Å². The zero-order chi connectivity index (χ0) is 20.1. The van der Waals surface area contributed by atoms with Gasteiger partial charge in [-0.15, -0.1) is 0 Å². The van der Waals surface area contributed by atoms with Gasteiger partial charge in [0.1, 0.15) is 12.2 Å². The number of para-hydroxylation sites is 1. The highest BCUT2D eigenvalue weighted by molar-refractivity contribution is 6.02. The summed E-state index contributed by atoms with van der Waals surface area (Å²) in [5.74, 6) is -0.868. The van der Waals surface area contributed by atoms with E-state index in [0.29, 0.717) is 11.4 Å². The first-order chi connectivity index (χ1) is 13.4. The third kappa shape index (κ3) is 4.70. The number of nitrogens with one attached hydrogen (secondary N) is 2. The highest BCUT2D eigenvalue weighted by Gasteiger charge is 2.12. The maximum atomic E-state index is 12.5. The zero-order valence-electron chi connectivity index (χ0n) is 15.6. The summed E-state index contributed by atoms with van der Waals surface area (Å²) in [5, 5.41) is 9.45. The lowest BCUT2D eigenvalue weighted by Crippen LogP contribution is -2.31. The molecule has 0 saturated carbocycles. The molecule has 0 saturated heterocycles. The largest absolute Gasteiger partial charge is 0.324 e. The molecule has 2 N–H and O–H groups in total. The Balaban J connectivity index is 1.73. The van der Waals surface area contributed by atoms with E-state index in [-0.39, 0.29) is 12.2 Å². The normalized spacial score (nSPS) is 10.4. The summed E-state index contributed by atoms with van der Waals surface area (Å²) in [4.78, 5) is 36.6. The average Bonchev–Trinajstić information content (AvgIpc) is 2.67. The van der Waals surface area contributed by atoms with Crippen LogP contribution in [0.1, 0.15) is 21.6 Å². The maximum absolute atomic E-state index is 12.5. The Morgan fingerprint density at radius 3 is 2.36 bits per heavy atom. The Morgan fingerprint density at radius 1 is 0.893 bits per heavy atom. The smallest absolute Gasteiger partial charge is 0.276 e. The number of hydrogen-bond acceptors (Lipinski definition) is 4. The molecule has 0 atom stereocenters. The van der Waals surface area contributed by atoms with E-state index in [2.05, 4.69) is 15.7 Å². The lowest BCUT2D eigenvalue weighted by atomic mass is 10.1. The van der Waals surface area contributed by atoms with Crippen LogP contribution in [0.15, 0.2) is 65.5 Å². The summed E-state index contributed by atoms with van der Waals surface area (Å²) in [6.45, 7) is 3.64. The summed E-state index contributed by atoms with van der Waals surface area (Å²) >= 11 is 0. The number of nitrogens with zero attached hydrogens (tertiary/aromatic N) is 2. The number of rotatable bonds is 5. The molecule has 7 heteroatoms. The third-order valence-corrected chi connectivity index (χ3v) is 4.21. The molecule has 0 aliphatic heterocycles. The summed E-state index contributed by atoms with van der Waals surface area (Å²) in [7, 11) is 0. The van der Waals surface area contributed by atoms with Crippen molar-refractivity contribution < 1.29 is 9.59 Å². The van der Waals surface area contributed by atoms with Crippen LogP contribution in [0.5, 0.6) is 0 Å². The van der Waals surface area contributed by atoms with E-state index in [4.69, 9.17) is 0 Å². The van der Waals surface area contributed by atoms with Crippen LogP contribution in [0.3, 0.4) is 0 Å². The quantitative estimate of drug-likeness (QED) is 0.716. The SMILES string of the molecule is Cc1ccc(NC(=O)c2ccc(=O)n(CC(=O)Nc3ccccc3)n2)cc1C. The minimum absolute atomic E-state index is 0.0466. The van der Waals surface area contributed by atoms with Gasteiger partial charge in [0.25, 0.3) is 11.5 Å². The fourth-order valence-electron chi connectivity index (χ4n) is 2.56. The van der Waals surface area contributed by atoms with Gasteiger partial charge in [0, 0.05) is 17.4 Å². The molecule has 28 heavy (non-hydrogen) atoms. The van der Waals surface area contributed by atoms with E-state index >= 15 is 0 Å². The van der Waals surface area contributed by atoms with Crippen LogP contribution in [0.4, 0.5) is 11.4 Å². The first kappa shape index (κ1) is 19.0. The Kier molecular flexibility index (Phi) is 5.64. The molecule has 7 nitrogen and oxygen atoms in total. The molecule has 3 rings (SSSR count). The lowest BCUT2D eigenvalue weighted by Gasteiger charge is -2.09. The molecule has 1 aromatic heterocycles. The lowest BCUT2D eigenvalue weighted by molar-refractivity contribution is -0.117. The van der Waals surface area contributed by atoms with Gasteiger partial charge in [0.15, 0.2) is 0 Å². The number of carbonyl (C=O) groups is 2. The van der Waals surface area contributed by atoms with Crippen molar-refractivity contribution in [2.75, 3.05) is 10.6 Å². The van der Waals surface area contributed by atoms with E-state index in [1.807, 2.05) is 32.0 Å². The summed E-state index contributed by atoms with van der Waals surface area (Å²) in [6, 6.07) is 17.0. The third-order valence-electron chi connectivity index (χ3n) is 4.21. The highest BCUT2D eigenvalue weighted by Crippen LogP contribution is 2.14. The number of benzene rings is 2. The molecule has 0 aliphatic rings. The Hall–Kier alpha value is -3.74. The molecule has 2 amide bonds. The number of carbonyl (C=O) groups excluding carboxylic acids is 2. The van der Waals surface area contributed by atoms with Gasteiger partial charge >= 0.3 is 0 Å². The maximum Gasteiger partial charge on any atom is 0.276 e. The zero-order valence-corrected chi connectivity index (χ0v) is 15.6. The van der Waals surface area contributed by atoms with Crippen LogP contribution in [0.2, 0.25) is 0 Å². The van der Waals surface area contributed by atoms with E-state index in [9.17, 15) is 14.4 Å². The van der Waals surface area contributed by atoms with Crippen LogP contribution in [0, 0.1) is 13.8 Å². The number of hydrogen-bond donors (Lipinski definition) is 2. The summed E-state index contributed by atoms with van der Waals surface area (Å²) < 4.78 is 0.966. The average molecular weight is 376 g/mol. The van der Waals surface area contributed by atoms with Crippen molar-refractivity contribution in [1.82, 2.24) is 9.78 Å². The molecule has 0 fully saturated rings. The van der Waals surface area contributed by atoms with Gasteiger partial charge < -0.3 is 10.6 Å². The summed E-state index contributed by atoms with van der Waals surface area (Å²) in [6.07, 6.45) is 0. The van der Waals surface area contributed by atoms with Crippen molar-refractivity contribution in [1.29, 1.82) is 0 Å². The topological polar surface area (TPSA) is 93.1 Å². The molecule has 142 valence electrons. The molecular formula is C21H20N4O3. The fourth-order valence-corrected chi connectivity index (χ4v) is 2.56. The van der Waals surface area contributed by atoms with E-state index in [1.54, 1.807) is 30.3 Å². The van der Waals surface area contributed by atoms with E-state index in [0.717, 1.165) is 15.8 Å². The standard InChI is InChI=1S/C21H20N4O3/c1-14-8-9-17(12-15(14)2)23-21(28)18-10-11-20(27)25(24-18)13-19(26)22-16-6-4-3-5-7-16/h3-12H,13H2,1-2H3,(H,22,26)(H,23,28). The molecule has 2 aromatic carbocycles. The van der Waals surface area contributed by atoms with Gasteiger partial charge in [0.05, 0.1) is 0 Å². The van der Waals surface area contributed by atoms with Crippen LogP contribution in [-0.4, -0.2) is 21.6 Å². The Morgan fingerprint density at radius 2 is 1.64 bits per heavy atom. The second-order valence-electron chi connectivity index (χ2n) is 6.38. The molecule has 0 bridgehead atoms. The Labute approximate surface area is 162 Å². The highest BCUT2D eigenvalue weighted by atomic mass is 16.2. The number of aryl methyl sites for hydroxylation is 2. The van der Waals surface area contributed by atoms with Crippen molar-refractivity contribution in [3.63, 3.8) is 0 Å². The number of anilines is 2. The van der Waals surface area contributed by atoms with E-state index in [1.165, 1.54) is 12.1 Å². The monoisotopic (exact) mass is 376 g/mol. The van der Waals surface area contributed by atoms with Crippen molar-refractivity contribution in [2.45, 2.75) is 20.4 Å². The molecule has 1 heterocycles. The van der Waals surface area contributed by atoms with Gasteiger partial charge in [-0.25, -0.2) is 4.68 Å². The first-order valence-electron chi connectivity index (χ1n) is 8.74. The van der Waals surface area contributed by atoms with Crippen LogP contribution in [-0.2, 0) is 11.3 Å². The predicted molar refractivity (Wildman–Crippen MR) is 107 cm³/mol. The van der Waals surface area contributed by atoms with Crippen molar-refractivity contribution >= 4 is 23.2 Å². The summed E-state index contributed by atoms with van der Waals surface area (Å²) in [5.41, 5.74) is 3.00. The molecular weight excluding hydrogens is 356 g/mol. The number of amides is 2. The van der Waals surface area contributed by atoms with Crippen LogP contribution < -0.4 is 16.2 Å². The van der Waals surface area contributed by atoms with Crippen molar-refractivity contribution in [2.24, 2.45) is 0 Å². The van der Waals surface area contributed by atoms with Crippen molar-refractivity contribution in [3.8, 4) is 0 Å². The second kappa shape index (κ2) is 8.30. The first-order valence-corrected chi connectivity index (χ1v) is 8.74. The van der Waals surface area contributed by atoms with E-state index < -0.39 is 17.4 Å². The van der Waals surface area contributed by atoms with Crippen molar-refractivity contribution in [3.05, 3.63) is 87.8 Å². The van der Waals surface area contributed by atoms with Gasteiger partial charge in [0.2, 0.25) is 5.91 Å². The Bertz CT molecular complexity index is 1070. The van der Waals surface area contributed by atoms with Gasteiger partial charge in [-0.05, 0) is 55.3 Å². The molecule has 0 aliphatic carbocycles. The van der Waals surface area contributed by atoms with Gasteiger partial charge in [-0.2, -0.15) is 5.10 Å². The second-order valence-corrected chi connectivity index (χ2v) is 6.38. The molecule has 0 radical (unpaired) electrons. The molecule has 0 unspecified atom stereocenters.